The first-order chi connectivity index (χ1) is 65.1. The fourth-order valence-electron chi connectivity index (χ4n) is 18.8. The second kappa shape index (κ2) is 45.3. The first-order valence-corrected chi connectivity index (χ1v) is 47.3. The number of pyridine rings is 2. The molecule has 12 heterocycles. The molecule has 4 aliphatic heterocycles. The van der Waals surface area contributed by atoms with Crippen LogP contribution in [-0.2, 0) is 57.0 Å². The number of aliphatic hydroxyl groups is 3. The molecular weight excluding hydrogens is 1700 g/mol. The third-order valence-electron chi connectivity index (χ3n) is 26.3. The lowest BCUT2D eigenvalue weighted by atomic mass is 9.84. The minimum Gasteiger partial charge on any atom is -0.488 e. The average molecular weight is 1820 g/mol. The van der Waals surface area contributed by atoms with E-state index >= 15 is 0 Å². The van der Waals surface area contributed by atoms with E-state index < -0.39 is 12.0 Å². The maximum atomic E-state index is 12.5. The highest BCUT2D eigenvalue weighted by atomic mass is 19.3. The van der Waals surface area contributed by atoms with Gasteiger partial charge >= 0.3 is 0 Å². The molecule has 4 aliphatic carbocycles. The third kappa shape index (κ3) is 25.4. The lowest BCUT2D eigenvalue weighted by molar-refractivity contribution is 0.0785. The Kier molecular flexibility index (Phi) is 31.7. The number of hydrogen-bond acceptors (Lipinski definition) is 31. The number of halogens is 2. The van der Waals surface area contributed by atoms with Crippen LogP contribution in [0, 0.1) is 18.8 Å². The van der Waals surface area contributed by atoms with Gasteiger partial charge in [-0.3, -0.25) is 29.9 Å². The average Bonchev–Trinajstić information content (AvgIpc) is 0.803. The molecule has 133 heavy (non-hydrogen) atoms. The number of morpholine rings is 4. The van der Waals surface area contributed by atoms with Crippen LogP contribution < -0.4 is 49.2 Å². The largest absolute Gasteiger partial charge is 0.488 e. The number of aryl methyl sites for hydroxylation is 1. The van der Waals surface area contributed by atoms with E-state index in [0.29, 0.717) is 29.1 Å². The molecule has 5 N–H and O–H groups in total. The predicted molar refractivity (Wildman–Crippen MR) is 505 cm³/mol. The molecule has 20 rings (SSSR count). The van der Waals surface area contributed by atoms with Gasteiger partial charge in [0.15, 0.2) is 0 Å². The van der Waals surface area contributed by atoms with Crippen LogP contribution >= 0.6 is 0 Å². The fourth-order valence-corrected chi connectivity index (χ4v) is 18.8. The van der Waals surface area contributed by atoms with E-state index in [1.165, 1.54) is 6.20 Å². The standard InChI is InChI=1S/C26H33N5O3.C25H29F2N5O2.C25H31N5O3.C24H29N5O3/c1-26(2,32)18-7-8-28-24(15-18)30-19-3-5-21(6-4-19)34-23-17-20(31-11-13-33-14-12-31)16-22-25(23)29-10-9-27-22;26-23(27)13-17-1-6-24(30-16-17)31-18-2-4-20(5-3-18)34-22-15-19(32-9-11-33-12-10-32)14-21-25(22)29-8-7-28-21;1-17-19(16-31)15-28-24(29-17)12-18-2-4-21(5-3-18)33-23-14-20(30-8-10-32-11-9-30)13-22-25(23)27-7-6-26-22;30-16-19-15-27-18(14-28-19)11-17-1-3-21(4-2-17)32-23-13-20(29-7-9-31-10-8-29)12-22-24(23)26-6-5-25-22/h7-10,15-17,19,21,32H,3-6,11-14H2,1-2H3,(H,28,30);1,6-8,14-16,18,20,23H,2-5,9-13H2,(H,30,31);6-7,13-15,18,21,31H,2-5,8-12,16H2,1H3;5-6,12-15,17,21,30H,1-4,7-11,16H2. The van der Waals surface area contributed by atoms with Crippen molar-refractivity contribution in [3.63, 3.8) is 0 Å². The smallest absolute Gasteiger partial charge is 0.242 e. The van der Waals surface area contributed by atoms with Crippen LogP contribution in [0.2, 0.25) is 0 Å². The number of fused-ring (bicyclic) bond motifs is 4. The monoisotopic (exact) mass is 1820 g/mol. The minimum atomic E-state index is -2.35. The van der Waals surface area contributed by atoms with Crippen LogP contribution in [0.4, 0.5) is 43.2 Å². The molecule has 31 nitrogen and oxygen atoms in total. The lowest BCUT2D eigenvalue weighted by Crippen LogP contribution is -2.36. The van der Waals surface area contributed by atoms with E-state index in [0.717, 1.165) is 351 Å². The maximum absolute atomic E-state index is 12.5. The van der Waals surface area contributed by atoms with E-state index in [9.17, 15) is 19.0 Å². The Morgan fingerprint density at radius 1 is 0.391 bits per heavy atom. The normalized spacial score (nSPS) is 21.4. The maximum Gasteiger partial charge on any atom is 0.242 e. The second-order valence-corrected chi connectivity index (χ2v) is 36.1. The van der Waals surface area contributed by atoms with E-state index in [1.807, 2.05) is 19.1 Å². The highest BCUT2D eigenvalue weighted by molar-refractivity contribution is 5.88. The first kappa shape index (κ1) is 93.1. The summed E-state index contributed by atoms with van der Waals surface area (Å²) in [7, 11) is 0. The Hall–Kier alpha value is -11.7. The molecule has 4 saturated carbocycles. The van der Waals surface area contributed by atoms with Crippen LogP contribution in [0.5, 0.6) is 23.0 Å². The van der Waals surface area contributed by atoms with Crippen molar-refractivity contribution in [3.05, 3.63) is 193 Å². The topological polar surface area (TPSA) is 352 Å². The number of alkyl halides is 2. The number of benzene rings is 4. The van der Waals surface area contributed by atoms with Crippen molar-refractivity contribution in [3.8, 4) is 23.0 Å². The highest BCUT2D eigenvalue weighted by Gasteiger charge is 2.32. The van der Waals surface area contributed by atoms with Crippen molar-refractivity contribution in [1.82, 2.24) is 69.8 Å². The Morgan fingerprint density at radius 3 is 1.12 bits per heavy atom. The van der Waals surface area contributed by atoms with Gasteiger partial charge in [-0.25, -0.2) is 48.7 Å². The SMILES string of the molecule is CC(C)(O)c1ccnc(NC2CCC(Oc3cc(N4CCOCC4)cc4nccnc34)CC2)c1.Cc1nc(CC2CCC(Oc3cc(N4CCOCC4)cc4nccnc34)CC2)ncc1CO.FC(F)Cc1ccc(NC2CCC(Oc3cc(N4CCOCC4)cc4nccnc34)CC2)nc1.OCc1cnc(CC2CCC(Oc3cc(N4CCOCC4)cc4nccnc34)CC2)cn1. The van der Waals surface area contributed by atoms with Gasteiger partial charge in [0.05, 0.1) is 136 Å². The van der Waals surface area contributed by atoms with Gasteiger partial charge in [0.2, 0.25) is 6.43 Å². The van der Waals surface area contributed by atoms with Gasteiger partial charge in [0.25, 0.3) is 0 Å². The van der Waals surface area contributed by atoms with E-state index in [-0.39, 0.29) is 50.1 Å². The van der Waals surface area contributed by atoms with Crippen molar-refractivity contribution in [1.29, 1.82) is 0 Å². The molecular formula is C100H122F2N20O11. The molecule has 0 spiro atoms. The van der Waals surface area contributed by atoms with Crippen LogP contribution in [0.15, 0.2) is 153 Å². The van der Waals surface area contributed by atoms with Gasteiger partial charge in [-0.15, -0.1) is 0 Å². The summed E-state index contributed by atoms with van der Waals surface area (Å²) < 4.78 is 73.1. The predicted octanol–water partition coefficient (Wildman–Crippen LogP) is 14.5. The van der Waals surface area contributed by atoms with Crippen LogP contribution in [0.25, 0.3) is 44.1 Å². The van der Waals surface area contributed by atoms with Crippen LogP contribution in [0.1, 0.15) is 156 Å². The first-order valence-electron chi connectivity index (χ1n) is 47.3. The van der Waals surface area contributed by atoms with Crippen molar-refractivity contribution < 1.29 is 62.0 Å². The number of anilines is 6. The summed E-state index contributed by atoms with van der Waals surface area (Å²) in [6.45, 7) is 18.2. The van der Waals surface area contributed by atoms with Crippen LogP contribution in [-0.4, -0.2) is 233 Å². The quantitative estimate of drug-likeness (QED) is 0.0355. The zero-order chi connectivity index (χ0) is 91.3. The number of nitrogens with one attached hydrogen (secondary N) is 2. The molecule has 8 fully saturated rings. The molecule has 0 unspecified atom stereocenters. The summed E-state index contributed by atoms with van der Waals surface area (Å²) in [5.41, 5.74) is 14.9. The van der Waals surface area contributed by atoms with E-state index in [1.54, 1.807) is 100 Å². The summed E-state index contributed by atoms with van der Waals surface area (Å²) in [4.78, 5) is 72.0. The molecule has 0 bridgehead atoms. The number of rotatable bonds is 25. The molecule has 8 aliphatic rings. The fraction of sp³-hybridized carbons (Fsp3) is 0.500. The van der Waals surface area contributed by atoms with E-state index in [4.69, 9.17) is 43.0 Å². The van der Waals surface area contributed by atoms with Gasteiger partial charge < -0.3 is 83.4 Å². The van der Waals surface area contributed by atoms with E-state index in [2.05, 4.69) is 149 Å². The Labute approximate surface area is 774 Å². The number of aliphatic hydroxyl groups excluding tert-OH is 2. The van der Waals surface area contributed by atoms with Gasteiger partial charge in [0.1, 0.15) is 62.5 Å². The lowest BCUT2D eigenvalue weighted by Gasteiger charge is -2.31. The van der Waals surface area contributed by atoms with Gasteiger partial charge in [0, 0.05) is 210 Å². The number of aromatic nitrogens is 14. The number of nitrogens with zero attached hydrogens (tertiary/aromatic N) is 18. The van der Waals surface area contributed by atoms with Crippen molar-refractivity contribution >= 4 is 78.5 Å². The molecule has 702 valence electrons. The second-order valence-electron chi connectivity index (χ2n) is 36.1. The Balaban J connectivity index is 0.000000124. The highest BCUT2D eigenvalue weighted by Crippen LogP contribution is 2.41. The Morgan fingerprint density at radius 2 is 0.767 bits per heavy atom. The Bertz CT molecular complexity index is 5730. The molecule has 4 saturated heterocycles. The van der Waals surface area contributed by atoms with Gasteiger partial charge in [-0.2, -0.15) is 0 Å². The molecule has 12 aromatic rings. The summed E-state index contributed by atoms with van der Waals surface area (Å²) in [5, 5.41) is 35.7. The molecule has 0 radical (unpaired) electrons. The molecule has 33 heteroatoms. The molecule has 0 amide bonds. The van der Waals surface area contributed by atoms with Crippen molar-refractivity contribution in [2.45, 2.75) is 205 Å². The van der Waals surface area contributed by atoms with Crippen LogP contribution in [0.3, 0.4) is 0 Å². The zero-order valence-corrected chi connectivity index (χ0v) is 76.2. The molecule has 4 aromatic carbocycles. The molecule has 0 atom stereocenters. The minimum absolute atomic E-state index is 0.0135. The summed E-state index contributed by atoms with van der Waals surface area (Å²) in [6.07, 6.45) is 38.0. The number of hydrogen-bond donors (Lipinski definition) is 5. The van der Waals surface area contributed by atoms with Gasteiger partial charge in [-0.05, 0) is 195 Å². The summed E-state index contributed by atoms with van der Waals surface area (Å²) >= 11 is 0. The van der Waals surface area contributed by atoms with Crippen molar-refractivity contribution in [2.24, 2.45) is 11.8 Å². The number of ether oxygens (including phenoxy) is 8. The van der Waals surface area contributed by atoms with Crippen molar-refractivity contribution in [2.75, 3.05) is 135 Å². The molecule has 8 aromatic heterocycles. The summed E-state index contributed by atoms with van der Waals surface area (Å²) in [6, 6.07) is 24.7. The summed E-state index contributed by atoms with van der Waals surface area (Å²) in [5.74, 6) is 6.78. The third-order valence-corrected chi connectivity index (χ3v) is 26.3. The zero-order valence-electron chi connectivity index (χ0n) is 76.2. The van der Waals surface area contributed by atoms with Gasteiger partial charge in [-0.1, -0.05) is 6.07 Å².